The molecule has 0 unspecified atom stereocenters. The highest BCUT2D eigenvalue weighted by Gasteiger charge is 2.03. The Morgan fingerprint density at radius 3 is 2.33 bits per heavy atom. The van der Waals surface area contributed by atoms with Crippen molar-refractivity contribution in [3.05, 3.63) is 65.7 Å². The highest BCUT2D eigenvalue weighted by Crippen LogP contribution is 2.12. The Kier molecular flexibility index (Phi) is 4.37. The predicted molar refractivity (Wildman–Crippen MR) is 77.3 cm³/mol. The molecule has 0 aliphatic carbocycles. The molecule has 2 nitrogen and oxygen atoms in total. The molecule has 0 amide bonds. The van der Waals surface area contributed by atoms with Gasteiger partial charge in [-0.15, -0.1) is 0 Å². The third-order valence-electron chi connectivity index (χ3n) is 3.12. The Labute approximate surface area is 109 Å². The molecule has 2 aromatic rings. The van der Waals surface area contributed by atoms with Gasteiger partial charge in [0, 0.05) is 18.8 Å². The largest absolute Gasteiger partial charge is 0.398 e. The first-order chi connectivity index (χ1) is 8.75. The molecule has 0 saturated heterocycles. The molecule has 0 atom stereocenters. The van der Waals surface area contributed by atoms with E-state index < -0.39 is 0 Å². The average molecular weight is 240 g/mol. The Balaban J connectivity index is 1.86. The van der Waals surface area contributed by atoms with Crippen LogP contribution in [0.25, 0.3) is 0 Å². The Morgan fingerprint density at radius 2 is 1.61 bits per heavy atom. The average Bonchev–Trinajstić information content (AvgIpc) is 2.40. The predicted octanol–water partition coefficient (Wildman–Crippen LogP) is 2.94. The number of likely N-dealkylation sites (N-methyl/N-ethyl adjacent to an activating group) is 1. The number of rotatable bonds is 5. The molecule has 18 heavy (non-hydrogen) atoms. The van der Waals surface area contributed by atoms with Crippen LogP contribution in [-0.2, 0) is 13.0 Å². The van der Waals surface area contributed by atoms with Crippen molar-refractivity contribution in [2.75, 3.05) is 19.3 Å². The van der Waals surface area contributed by atoms with E-state index in [2.05, 4.69) is 48.3 Å². The van der Waals surface area contributed by atoms with Crippen LogP contribution in [0.2, 0.25) is 0 Å². The van der Waals surface area contributed by atoms with Gasteiger partial charge in [0.2, 0.25) is 0 Å². The van der Waals surface area contributed by atoms with Crippen molar-refractivity contribution >= 4 is 5.69 Å². The molecule has 0 aliphatic heterocycles. The molecule has 0 bridgehead atoms. The van der Waals surface area contributed by atoms with Gasteiger partial charge >= 0.3 is 0 Å². The minimum Gasteiger partial charge on any atom is -0.398 e. The number of hydrogen-bond acceptors (Lipinski definition) is 2. The topological polar surface area (TPSA) is 29.3 Å². The molecule has 2 N–H and O–H groups in total. The van der Waals surface area contributed by atoms with E-state index in [4.69, 9.17) is 5.73 Å². The van der Waals surface area contributed by atoms with Crippen LogP contribution in [0.3, 0.4) is 0 Å². The van der Waals surface area contributed by atoms with Crippen LogP contribution >= 0.6 is 0 Å². The van der Waals surface area contributed by atoms with E-state index in [0.717, 1.165) is 25.2 Å². The number of hydrogen-bond donors (Lipinski definition) is 1. The summed E-state index contributed by atoms with van der Waals surface area (Å²) in [4.78, 5) is 2.30. The van der Waals surface area contributed by atoms with Crippen molar-refractivity contribution in [1.82, 2.24) is 4.90 Å². The molecule has 0 aromatic heterocycles. The molecule has 0 saturated carbocycles. The van der Waals surface area contributed by atoms with Crippen LogP contribution < -0.4 is 5.73 Å². The molecular weight excluding hydrogens is 220 g/mol. The summed E-state index contributed by atoms with van der Waals surface area (Å²) in [7, 11) is 2.13. The first-order valence-corrected chi connectivity index (χ1v) is 6.31. The lowest BCUT2D eigenvalue weighted by molar-refractivity contribution is 0.332. The van der Waals surface area contributed by atoms with Crippen LogP contribution in [0, 0.1) is 0 Å². The monoisotopic (exact) mass is 240 g/mol. The first-order valence-electron chi connectivity index (χ1n) is 6.31. The van der Waals surface area contributed by atoms with Crippen LogP contribution in [0.15, 0.2) is 54.6 Å². The van der Waals surface area contributed by atoms with Crippen molar-refractivity contribution in [1.29, 1.82) is 0 Å². The maximum absolute atomic E-state index is 5.95. The molecule has 2 rings (SSSR count). The fraction of sp³-hybridized carbons (Fsp3) is 0.250. The summed E-state index contributed by atoms with van der Waals surface area (Å²) >= 11 is 0. The zero-order valence-electron chi connectivity index (χ0n) is 10.8. The number of nitrogens with two attached hydrogens (primary N) is 1. The molecule has 2 aromatic carbocycles. The summed E-state index contributed by atoms with van der Waals surface area (Å²) in [5.74, 6) is 0. The highest BCUT2D eigenvalue weighted by atomic mass is 15.1. The van der Waals surface area contributed by atoms with Crippen LogP contribution in [0.4, 0.5) is 5.69 Å². The highest BCUT2D eigenvalue weighted by molar-refractivity contribution is 5.46. The van der Waals surface area contributed by atoms with Crippen LogP contribution in [0.1, 0.15) is 11.1 Å². The van der Waals surface area contributed by atoms with E-state index >= 15 is 0 Å². The van der Waals surface area contributed by atoms with E-state index in [9.17, 15) is 0 Å². The van der Waals surface area contributed by atoms with Crippen molar-refractivity contribution in [2.45, 2.75) is 13.0 Å². The third-order valence-corrected chi connectivity index (χ3v) is 3.12. The number of benzene rings is 2. The molecule has 0 spiro atoms. The lowest BCUT2D eigenvalue weighted by Crippen LogP contribution is -2.21. The van der Waals surface area contributed by atoms with Gasteiger partial charge in [-0.2, -0.15) is 0 Å². The zero-order valence-corrected chi connectivity index (χ0v) is 10.8. The SMILES string of the molecule is CN(CCc1ccccc1)Cc1ccccc1N. The van der Waals surface area contributed by atoms with E-state index in [1.54, 1.807) is 0 Å². The summed E-state index contributed by atoms with van der Waals surface area (Å²) < 4.78 is 0. The van der Waals surface area contributed by atoms with Crippen LogP contribution in [-0.4, -0.2) is 18.5 Å². The lowest BCUT2D eigenvalue weighted by Gasteiger charge is -2.17. The normalized spacial score (nSPS) is 10.8. The van der Waals surface area contributed by atoms with Crippen LogP contribution in [0.5, 0.6) is 0 Å². The Morgan fingerprint density at radius 1 is 0.944 bits per heavy atom. The second-order valence-corrected chi connectivity index (χ2v) is 4.67. The van der Waals surface area contributed by atoms with E-state index in [0.29, 0.717) is 0 Å². The molecule has 0 radical (unpaired) electrons. The Hall–Kier alpha value is -1.80. The molecule has 0 fully saturated rings. The summed E-state index contributed by atoms with van der Waals surface area (Å²) in [6.07, 6.45) is 1.07. The van der Waals surface area contributed by atoms with Gasteiger partial charge in [0.15, 0.2) is 0 Å². The van der Waals surface area contributed by atoms with E-state index in [1.165, 1.54) is 11.1 Å². The first kappa shape index (κ1) is 12.7. The number of nitrogen functional groups attached to an aromatic ring is 1. The summed E-state index contributed by atoms with van der Waals surface area (Å²) in [6.45, 7) is 1.94. The summed E-state index contributed by atoms with van der Waals surface area (Å²) in [5.41, 5.74) is 9.41. The van der Waals surface area contributed by atoms with E-state index in [1.807, 2.05) is 18.2 Å². The zero-order chi connectivity index (χ0) is 12.8. The lowest BCUT2D eigenvalue weighted by atomic mass is 10.1. The molecule has 0 heterocycles. The second kappa shape index (κ2) is 6.22. The Bertz CT molecular complexity index is 479. The maximum atomic E-state index is 5.95. The molecule has 2 heteroatoms. The maximum Gasteiger partial charge on any atom is 0.0359 e. The number of para-hydroxylation sites is 1. The molecule has 94 valence electrons. The smallest absolute Gasteiger partial charge is 0.0359 e. The molecule has 0 aliphatic rings. The van der Waals surface area contributed by atoms with Gasteiger partial charge in [-0.05, 0) is 30.7 Å². The minimum absolute atomic E-state index is 0.879. The van der Waals surface area contributed by atoms with Gasteiger partial charge in [-0.1, -0.05) is 48.5 Å². The molecular formula is C16H20N2. The summed E-state index contributed by atoms with van der Waals surface area (Å²) in [5, 5.41) is 0. The van der Waals surface area contributed by atoms with Crippen molar-refractivity contribution in [3.63, 3.8) is 0 Å². The minimum atomic E-state index is 0.879. The van der Waals surface area contributed by atoms with Gasteiger partial charge in [0.05, 0.1) is 0 Å². The van der Waals surface area contributed by atoms with Gasteiger partial charge in [-0.3, -0.25) is 0 Å². The van der Waals surface area contributed by atoms with Gasteiger partial charge in [-0.25, -0.2) is 0 Å². The fourth-order valence-electron chi connectivity index (χ4n) is 2.01. The number of anilines is 1. The third kappa shape index (κ3) is 3.60. The van der Waals surface area contributed by atoms with Crippen molar-refractivity contribution < 1.29 is 0 Å². The number of nitrogens with zero attached hydrogens (tertiary/aromatic N) is 1. The standard InChI is InChI=1S/C16H20N2/c1-18(12-11-14-7-3-2-4-8-14)13-15-9-5-6-10-16(15)17/h2-10H,11-13,17H2,1H3. The van der Waals surface area contributed by atoms with Gasteiger partial charge < -0.3 is 10.6 Å². The van der Waals surface area contributed by atoms with Crippen molar-refractivity contribution in [2.24, 2.45) is 0 Å². The summed E-state index contributed by atoms with van der Waals surface area (Å²) in [6, 6.07) is 18.6. The van der Waals surface area contributed by atoms with Gasteiger partial charge in [0.25, 0.3) is 0 Å². The quantitative estimate of drug-likeness (QED) is 0.814. The fourth-order valence-corrected chi connectivity index (χ4v) is 2.01. The van der Waals surface area contributed by atoms with Crippen molar-refractivity contribution in [3.8, 4) is 0 Å². The van der Waals surface area contributed by atoms with Gasteiger partial charge in [0.1, 0.15) is 0 Å². The van der Waals surface area contributed by atoms with E-state index in [-0.39, 0.29) is 0 Å². The second-order valence-electron chi connectivity index (χ2n) is 4.67.